The number of fused-ring (bicyclic) bond motifs is 3. The fraction of sp³-hybridized carbons (Fsp3) is 0.300. The van der Waals surface area contributed by atoms with Gasteiger partial charge in [-0.05, 0) is 48.7 Å². The molecule has 1 saturated heterocycles. The van der Waals surface area contributed by atoms with Crippen LogP contribution in [-0.4, -0.2) is 46.4 Å². The molecule has 0 aromatic heterocycles. The quantitative estimate of drug-likeness (QED) is 0.744. The molecule has 1 fully saturated rings. The third kappa shape index (κ3) is 2.95. The fourth-order valence-corrected chi connectivity index (χ4v) is 4.31. The average molecular weight is 367 g/mol. The second-order valence-corrected chi connectivity index (χ2v) is 7.07. The summed E-state index contributed by atoms with van der Waals surface area (Å²) in [6, 6.07) is 13.4. The highest BCUT2D eigenvalue weighted by atomic mass is 16.4. The Labute approximate surface area is 156 Å². The highest BCUT2D eigenvalue weighted by molar-refractivity contribution is 5.93. The first-order valence-electron chi connectivity index (χ1n) is 8.92. The minimum atomic E-state index is -0.987. The lowest BCUT2D eigenvalue weighted by molar-refractivity contribution is 0.126. The van der Waals surface area contributed by atoms with E-state index in [0.29, 0.717) is 25.2 Å². The largest absolute Gasteiger partial charge is 0.465 e. The van der Waals surface area contributed by atoms with E-state index in [9.17, 15) is 19.8 Å². The predicted molar refractivity (Wildman–Crippen MR) is 102 cm³/mol. The van der Waals surface area contributed by atoms with Gasteiger partial charge < -0.3 is 20.4 Å². The molecule has 2 aromatic rings. The van der Waals surface area contributed by atoms with Crippen molar-refractivity contribution < 1.29 is 19.8 Å². The number of nitrogens with one attached hydrogen (secondary N) is 1. The first kappa shape index (κ1) is 17.2. The van der Waals surface area contributed by atoms with Gasteiger partial charge in [-0.1, -0.05) is 18.2 Å². The fourth-order valence-electron chi connectivity index (χ4n) is 4.31. The topological polar surface area (TPSA) is 93.1 Å². The zero-order chi connectivity index (χ0) is 19.1. The van der Waals surface area contributed by atoms with E-state index >= 15 is 0 Å². The van der Waals surface area contributed by atoms with Crippen molar-refractivity contribution in [2.45, 2.75) is 25.3 Å². The summed E-state index contributed by atoms with van der Waals surface area (Å²) in [6.45, 7) is 2.56. The molecule has 27 heavy (non-hydrogen) atoms. The molecule has 3 N–H and O–H groups in total. The third-order valence-electron chi connectivity index (χ3n) is 5.42. The summed E-state index contributed by atoms with van der Waals surface area (Å²) in [5.74, 6) is -0.155. The first-order valence-corrected chi connectivity index (χ1v) is 8.92. The summed E-state index contributed by atoms with van der Waals surface area (Å²) < 4.78 is 0. The van der Waals surface area contributed by atoms with Gasteiger partial charge in [0, 0.05) is 30.4 Å². The molecule has 2 amide bonds. The van der Waals surface area contributed by atoms with Gasteiger partial charge in [0.05, 0.1) is 11.7 Å². The van der Waals surface area contributed by atoms with Crippen LogP contribution in [0.5, 0.6) is 0 Å². The van der Waals surface area contributed by atoms with E-state index in [1.54, 1.807) is 0 Å². The minimum absolute atomic E-state index is 0.155. The molecule has 2 atom stereocenters. The van der Waals surface area contributed by atoms with Crippen LogP contribution in [0.2, 0.25) is 0 Å². The number of anilines is 3. The molecule has 7 nitrogen and oxygen atoms in total. The van der Waals surface area contributed by atoms with Crippen LogP contribution in [0, 0.1) is 6.92 Å². The number of likely N-dealkylation sites (tertiary alicyclic amines) is 1. The van der Waals surface area contributed by atoms with E-state index in [1.807, 2.05) is 49.4 Å². The molecule has 2 aliphatic rings. The van der Waals surface area contributed by atoms with Crippen molar-refractivity contribution in [3.05, 3.63) is 53.6 Å². The van der Waals surface area contributed by atoms with Gasteiger partial charge in [-0.25, -0.2) is 9.59 Å². The van der Waals surface area contributed by atoms with Crippen LogP contribution in [0.3, 0.4) is 0 Å². The maximum atomic E-state index is 11.9. The Bertz CT molecular complexity index is 900. The number of para-hydroxylation sites is 1. The van der Waals surface area contributed by atoms with Gasteiger partial charge in [0.25, 0.3) is 0 Å². The van der Waals surface area contributed by atoms with Crippen LogP contribution in [0.25, 0.3) is 0 Å². The van der Waals surface area contributed by atoms with Crippen LogP contribution in [0.1, 0.15) is 23.5 Å². The number of hydrogen-bond donors (Lipinski definition) is 3. The molecule has 0 saturated carbocycles. The Balaban J connectivity index is 1.75. The summed E-state index contributed by atoms with van der Waals surface area (Å²) in [4.78, 5) is 26.2. The van der Waals surface area contributed by atoms with E-state index in [1.165, 1.54) is 9.80 Å². The number of aryl methyl sites for hydroxylation is 1. The van der Waals surface area contributed by atoms with Crippen LogP contribution in [0.4, 0.5) is 26.7 Å². The number of piperidine rings is 1. The normalized spacial score (nSPS) is 20.8. The molecule has 0 aliphatic carbocycles. The maximum absolute atomic E-state index is 11.9. The van der Waals surface area contributed by atoms with Gasteiger partial charge in [-0.3, -0.25) is 4.90 Å². The predicted octanol–water partition coefficient (Wildman–Crippen LogP) is 4.07. The van der Waals surface area contributed by atoms with Gasteiger partial charge >= 0.3 is 12.2 Å². The number of rotatable bonds is 2. The maximum Gasteiger partial charge on any atom is 0.412 e. The summed E-state index contributed by atoms with van der Waals surface area (Å²) in [5.41, 5.74) is 4.27. The monoisotopic (exact) mass is 367 g/mol. The Morgan fingerprint density at radius 1 is 1.07 bits per heavy atom. The van der Waals surface area contributed by atoms with Crippen molar-refractivity contribution in [3.63, 3.8) is 0 Å². The molecule has 7 heteroatoms. The zero-order valence-electron chi connectivity index (χ0n) is 14.9. The van der Waals surface area contributed by atoms with E-state index in [4.69, 9.17) is 0 Å². The van der Waals surface area contributed by atoms with Gasteiger partial charge in [0.2, 0.25) is 0 Å². The standard InChI is InChI=1S/C20H21N3O4/c1-12-9-14(21-13-5-3-2-4-6-13)10-15-16-11-22(19(24)25)8-7-17(16)23(18(12)15)20(26)27/h2-6,9-10,16-17,21H,7-8,11H2,1H3,(H,24,25)(H,26,27)/t16-,17-/m0/s1. The van der Waals surface area contributed by atoms with Crippen LogP contribution >= 0.6 is 0 Å². The molecule has 140 valence electrons. The second-order valence-electron chi connectivity index (χ2n) is 7.07. The molecular weight excluding hydrogens is 346 g/mol. The lowest BCUT2D eigenvalue weighted by atomic mass is 9.88. The van der Waals surface area contributed by atoms with E-state index < -0.39 is 12.2 Å². The summed E-state index contributed by atoms with van der Waals surface area (Å²) in [7, 11) is 0. The number of hydrogen-bond acceptors (Lipinski definition) is 3. The Hall–Kier alpha value is -3.22. The number of carboxylic acid groups (broad SMARTS) is 2. The highest BCUT2D eigenvalue weighted by Gasteiger charge is 2.46. The van der Waals surface area contributed by atoms with E-state index in [0.717, 1.165) is 22.5 Å². The Morgan fingerprint density at radius 3 is 2.48 bits per heavy atom. The Morgan fingerprint density at radius 2 is 1.81 bits per heavy atom. The molecule has 0 spiro atoms. The zero-order valence-corrected chi connectivity index (χ0v) is 14.9. The number of nitrogens with zero attached hydrogens (tertiary/aromatic N) is 2. The number of benzene rings is 2. The van der Waals surface area contributed by atoms with Crippen LogP contribution in [0.15, 0.2) is 42.5 Å². The molecule has 2 aromatic carbocycles. The molecule has 2 aliphatic heterocycles. The second kappa shape index (κ2) is 6.50. The van der Waals surface area contributed by atoms with Gasteiger partial charge in [-0.2, -0.15) is 0 Å². The van der Waals surface area contributed by atoms with Gasteiger partial charge in [0.15, 0.2) is 0 Å². The van der Waals surface area contributed by atoms with Crippen molar-refractivity contribution in [1.29, 1.82) is 0 Å². The minimum Gasteiger partial charge on any atom is -0.465 e. The van der Waals surface area contributed by atoms with E-state index in [-0.39, 0.29) is 12.0 Å². The SMILES string of the molecule is Cc1cc(Nc2ccccc2)cc2c1N(C(=O)O)[C@H]1CCN(C(=O)O)C[C@@H]21. The van der Waals surface area contributed by atoms with Gasteiger partial charge in [-0.15, -0.1) is 0 Å². The van der Waals surface area contributed by atoms with Crippen LogP contribution in [-0.2, 0) is 0 Å². The van der Waals surface area contributed by atoms with Crippen molar-refractivity contribution >= 4 is 29.2 Å². The van der Waals surface area contributed by atoms with Crippen molar-refractivity contribution in [2.24, 2.45) is 0 Å². The lowest BCUT2D eigenvalue weighted by Gasteiger charge is -2.35. The van der Waals surface area contributed by atoms with Crippen molar-refractivity contribution in [2.75, 3.05) is 23.3 Å². The molecule has 2 heterocycles. The lowest BCUT2D eigenvalue weighted by Crippen LogP contribution is -2.49. The Kier molecular flexibility index (Phi) is 4.14. The molecular formula is C20H21N3O4. The summed E-state index contributed by atoms with van der Waals surface area (Å²) >= 11 is 0. The third-order valence-corrected chi connectivity index (χ3v) is 5.42. The van der Waals surface area contributed by atoms with Crippen molar-refractivity contribution in [1.82, 2.24) is 4.90 Å². The molecule has 0 radical (unpaired) electrons. The number of carbonyl (C=O) groups is 2. The highest BCUT2D eigenvalue weighted by Crippen LogP contribution is 2.47. The number of amides is 2. The summed E-state index contributed by atoms with van der Waals surface area (Å²) in [5, 5.41) is 22.5. The first-order chi connectivity index (χ1) is 13.0. The van der Waals surface area contributed by atoms with Gasteiger partial charge in [0.1, 0.15) is 0 Å². The van der Waals surface area contributed by atoms with Crippen molar-refractivity contribution in [3.8, 4) is 0 Å². The van der Waals surface area contributed by atoms with Crippen LogP contribution < -0.4 is 10.2 Å². The molecule has 4 rings (SSSR count). The molecule has 0 unspecified atom stereocenters. The molecule has 0 bridgehead atoms. The summed E-state index contributed by atoms with van der Waals surface area (Å²) in [6.07, 6.45) is -1.45. The van der Waals surface area contributed by atoms with E-state index in [2.05, 4.69) is 5.32 Å². The smallest absolute Gasteiger partial charge is 0.412 e. The average Bonchev–Trinajstić information content (AvgIpc) is 2.97.